The molecule has 1 aliphatic rings. The number of ether oxygens (including phenoxy) is 2. The van der Waals surface area contributed by atoms with Crippen LogP contribution >= 0.6 is 15.9 Å². The fraction of sp³-hybridized carbons (Fsp3) is 0.0833. The molecule has 0 unspecified atom stereocenters. The van der Waals surface area contributed by atoms with Gasteiger partial charge in [-0.3, -0.25) is 19.2 Å². The smallest absolute Gasteiger partial charge is 0.308 e. The first kappa shape index (κ1) is 20.7. The van der Waals surface area contributed by atoms with Gasteiger partial charge >= 0.3 is 5.97 Å². The van der Waals surface area contributed by atoms with Crippen molar-refractivity contribution >= 4 is 39.2 Å². The first-order valence-electron chi connectivity index (χ1n) is 9.32. The van der Waals surface area contributed by atoms with Crippen molar-refractivity contribution in [1.82, 2.24) is 0 Å². The zero-order valence-electron chi connectivity index (χ0n) is 16.3. The summed E-state index contributed by atoms with van der Waals surface area (Å²) >= 11 is 3.31. The summed E-state index contributed by atoms with van der Waals surface area (Å²) in [5.41, 5.74) is 1.01. The number of ketones is 3. The van der Waals surface area contributed by atoms with Gasteiger partial charge in [-0.1, -0.05) is 52.3 Å². The molecule has 0 fully saturated rings. The third-order valence-electron chi connectivity index (χ3n) is 4.78. The molecule has 0 heterocycles. The van der Waals surface area contributed by atoms with Crippen molar-refractivity contribution in [2.45, 2.75) is 6.92 Å². The van der Waals surface area contributed by atoms with Gasteiger partial charge in [0.15, 0.2) is 35.5 Å². The molecule has 3 aromatic rings. The van der Waals surface area contributed by atoms with Gasteiger partial charge in [0.05, 0.1) is 5.56 Å². The molecule has 0 aliphatic heterocycles. The maximum atomic E-state index is 13.1. The van der Waals surface area contributed by atoms with Gasteiger partial charge in [-0.2, -0.15) is 0 Å². The van der Waals surface area contributed by atoms with E-state index in [1.165, 1.54) is 19.1 Å². The molecule has 3 aromatic carbocycles. The summed E-state index contributed by atoms with van der Waals surface area (Å²) in [4.78, 5) is 50.2. The third-order valence-corrected chi connectivity index (χ3v) is 5.31. The molecule has 0 aromatic heterocycles. The van der Waals surface area contributed by atoms with E-state index in [4.69, 9.17) is 9.47 Å². The van der Waals surface area contributed by atoms with Crippen molar-refractivity contribution in [1.29, 1.82) is 0 Å². The predicted molar refractivity (Wildman–Crippen MR) is 115 cm³/mol. The monoisotopic (exact) mass is 478 g/mol. The quantitative estimate of drug-likeness (QED) is 0.240. The van der Waals surface area contributed by atoms with Crippen LogP contribution in [0.15, 0.2) is 65.1 Å². The number of benzene rings is 3. The number of Topliss-reactive ketones (excluding diaryl/α,β-unsaturated/α-hetero) is 1. The molecule has 0 saturated heterocycles. The van der Waals surface area contributed by atoms with Gasteiger partial charge in [-0.25, -0.2) is 0 Å². The zero-order valence-corrected chi connectivity index (χ0v) is 17.9. The molecule has 0 bridgehead atoms. The third kappa shape index (κ3) is 3.92. The highest BCUT2D eigenvalue weighted by molar-refractivity contribution is 9.10. The number of carbonyl (C=O) groups is 4. The number of hydrogen-bond donors (Lipinski definition) is 0. The highest BCUT2D eigenvalue weighted by Gasteiger charge is 2.34. The average Bonchev–Trinajstić information content (AvgIpc) is 2.76. The van der Waals surface area contributed by atoms with E-state index in [0.29, 0.717) is 5.56 Å². The Kier molecular flexibility index (Phi) is 5.52. The Bertz CT molecular complexity index is 1240. The molecule has 0 amide bonds. The van der Waals surface area contributed by atoms with Crippen LogP contribution in [0.2, 0.25) is 0 Å². The normalized spacial score (nSPS) is 12.1. The molecular weight excluding hydrogens is 464 g/mol. The second-order valence-corrected chi connectivity index (χ2v) is 7.75. The fourth-order valence-electron chi connectivity index (χ4n) is 3.36. The first-order chi connectivity index (χ1) is 14.9. The number of hydrogen-bond acceptors (Lipinski definition) is 6. The second-order valence-electron chi connectivity index (χ2n) is 6.83. The first-order valence-corrected chi connectivity index (χ1v) is 10.1. The lowest BCUT2D eigenvalue weighted by molar-refractivity contribution is -0.132. The minimum Gasteiger partial charge on any atom is -0.481 e. The van der Waals surface area contributed by atoms with Crippen molar-refractivity contribution in [3.05, 3.63) is 93.0 Å². The van der Waals surface area contributed by atoms with Gasteiger partial charge in [0.25, 0.3) is 0 Å². The number of fused-ring (bicyclic) bond motifs is 2. The van der Waals surface area contributed by atoms with Crippen molar-refractivity contribution < 1.29 is 28.7 Å². The van der Waals surface area contributed by atoms with E-state index < -0.39 is 11.8 Å². The van der Waals surface area contributed by atoms with Gasteiger partial charge in [-0.05, 0) is 24.3 Å². The molecule has 0 N–H and O–H groups in total. The van der Waals surface area contributed by atoms with E-state index >= 15 is 0 Å². The Balaban J connectivity index is 1.72. The van der Waals surface area contributed by atoms with Crippen LogP contribution in [0.1, 0.15) is 49.1 Å². The van der Waals surface area contributed by atoms with Crippen LogP contribution in [0, 0.1) is 0 Å². The van der Waals surface area contributed by atoms with Crippen molar-refractivity contribution in [3.63, 3.8) is 0 Å². The Labute approximate surface area is 185 Å². The predicted octanol–water partition coefficient (Wildman–Crippen LogP) is 4.41. The molecule has 7 heteroatoms. The Morgan fingerprint density at radius 2 is 1.48 bits per heavy atom. The summed E-state index contributed by atoms with van der Waals surface area (Å²) in [7, 11) is 0. The number of rotatable bonds is 5. The Morgan fingerprint density at radius 3 is 2.13 bits per heavy atom. The van der Waals surface area contributed by atoms with Crippen LogP contribution in [0.5, 0.6) is 11.5 Å². The minimum atomic E-state index is -0.684. The minimum absolute atomic E-state index is 0.0277. The Morgan fingerprint density at radius 1 is 0.839 bits per heavy atom. The van der Waals surface area contributed by atoms with Gasteiger partial charge in [0.1, 0.15) is 0 Å². The molecule has 1 aliphatic carbocycles. The van der Waals surface area contributed by atoms with Crippen LogP contribution in [0.3, 0.4) is 0 Å². The van der Waals surface area contributed by atoms with E-state index in [9.17, 15) is 19.2 Å². The summed E-state index contributed by atoms with van der Waals surface area (Å²) < 4.78 is 11.7. The summed E-state index contributed by atoms with van der Waals surface area (Å²) in [6, 6.07) is 16.1. The van der Waals surface area contributed by atoms with Crippen molar-refractivity contribution in [2.75, 3.05) is 6.61 Å². The highest BCUT2D eigenvalue weighted by atomic mass is 79.9. The summed E-state index contributed by atoms with van der Waals surface area (Å²) in [6.45, 7) is 0.840. The van der Waals surface area contributed by atoms with E-state index in [1.54, 1.807) is 48.5 Å². The molecule has 0 saturated carbocycles. The zero-order chi connectivity index (χ0) is 22.1. The molecule has 154 valence electrons. The highest BCUT2D eigenvalue weighted by Crippen LogP contribution is 2.39. The summed E-state index contributed by atoms with van der Waals surface area (Å²) in [6.07, 6.45) is 0. The van der Waals surface area contributed by atoms with Gasteiger partial charge in [-0.15, -0.1) is 0 Å². The van der Waals surface area contributed by atoms with Crippen molar-refractivity contribution in [2.24, 2.45) is 0 Å². The largest absolute Gasteiger partial charge is 0.481 e. The van der Waals surface area contributed by atoms with Gasteiger partial charge in [0, 0.05) is 33.7 Å². The lowest BCUT2D eigenvalue weighted by Crippen LogP contribution is -2.23. The Hall–Kier alpha value is -3.58. The van der Waals surface area contributed by atoms with Crippen molar-refractivity contribution in [3.8, 4) is 11.5 Å². The molecule has 0 atom stereocenters. The number of esters is 1. The maximum absolute atomic E-state index is 13.1. The number of halogens is 1. The fourth-order valence-corrected chi connectivity index (χ4v) is 3.62. The number of carbonyl (C=O) groups excluding carboxylic acids is 4. The van der Waals surface area contributed by atoms with Gasteiger partial charge in [0.2, 0.25) is 0 Å². The summed E-state index contributed by atoms with van der Waals surface area (Å²) in [5.74, 6) is -1.92. The van der Waals surface area contributed by atoms with E-state index in [-0.39, 0.29) is 51.9 Å². The SMILES string of the molecule is CC(=O)Oc1c(OCC(=O)c2ccc(Br)cc2)ccc2c1C(=O)c1ccccc1C2=O. The van der Waals surface area contributed by atoms with E-state index in [0.717, 1.165) is 4.47 Å². The summed E-state index contributed by atoms with van der Waals surface area (Å²) in [5, 5.41) is 0. The lowest BCUT2D eigenvalue weighted by Gasteiger charge is -2.21. The molecule has 4 rings (SSSR count). The topological polar surface area (TPSA) is 86.7 Å². The maximum Gasteiger partial charge on any atom is 0.308 e. The van der Waals surface area contributed by atoms with E-state index in [2.05, 4.69) is 15.9 Å². The molecule has 31 heavy (non-hydrogen) atoms. The molecular formula is C24H15BrO6. The average molecular weight is 479 g/mol. The second kappa shape index (κ2) is 8.28. The molecule has 0 radical (unpaired) electrons. The van der Waals surface area contributed by atoms with Crippen LogP contribution in [0.4, 0.5) is 0 Å². The standard InChI is InChI=1S/C24H15BrO6/c1-13(26)31-24-20(30-12-19(27)14-6-8-15(25)9-7-14)11-10-18-21(24)23(29)17-5-3-2-4-16(17)22(18)28/h2-11H,12H2,1H3. The lowest BCUT2D eigenvalue weighted by atomic mass is 9.83. The van der Waals surface area contributed by atoms with Crippen LogP contribution < -0.4 is 9.47 Å². The van der Waals surface area contributed by atoms with Crippen LogP contribution in [-0.4, -0.2) is 29.9 Å². The van der Waals surface area contributed by atoms with Crippen LogP contribution in [-0.2, 0) is 4.79 Å². The van der Waals surface area contributed by atoms with Gasteiger partial charge < -0.3 is 9.47 Å². The molecule has 6 nitrogen and oxygen atoms in total. The van der Waals surface area contributed by atoms with E-state index in [1.807, 2.05) is 0 Å². The molecule has 0 spiro atoms. The van der Waals surface area contributed by atoms with Crippen LogP contribution in [0.25, 0.3) is 0 Å².